The molecule has 4 aliphatic heterocycles. The van der Waals surface area contributed by atoms with Crippen LogP contribution in [0.15, 0.2) is 79.4 Å². The largest absolute Gasteiger partial charge is 0.503 e. The van der Waals surface area contributed by atoms with Crippen LogP contribution < -0.4 is 21.7 Å². The zero-order valence-electron chi connectivity index (χ0n) is 50.9. The van der Waals surface area contributed by atoms with Crippen LogP contribution in [-0.4, -0.2) is 111 Å². The van der Waals surface area contributed by atoms with Crippen molar-refractivity contribution in [2.45, 2.75) is 208 Å². The number of aromatic nitrogens is 4. The van der Waals surface area contributed by atoms with Gasteiger partial charge in [-0.2, -0.15) is 0 Å². The normalized spacial score (nSPS) is 21.7. The van der Waals surface area contributed by atoms with E-state index < -0.39 is 0 Å². The van der Waals surface area contributed by atoms with E-state index in [1.54, 1.807) is 60.2 Å². The van der Waals surface area contributed by atoms with Gasteiger partial charge in [-0.05, 0) is 93.3 Å². The second kappa shape index (κ2) is 29.1. The molecule has 8 aliphatic rings. The first kappa shape index (κ1) is 62.1. The third kappa shape index (κ3) is 16.9. The van der Waals surface area contributed by atoms with Gasteiger partial charge in [-0.1, -0.05) is 103 Å². The first-order chi connectivity index (χ1) is 40.0. The summed E-state index contributed by atoms with van der Waals surface area (Å²) >= 11 is 0. The van der Waals surface area contributed by atoms with Crippen LogP contribution in [-0.2, 0) is 52.4 Å². The van der Waals surface area contributed by atoms with Crippen molar-refractivity contribution < 1.29 is 20.4 Å². The van der Waals surface area contributed by atoms with E-state index in [1.165, 1.54) is 128 Å². The average Bonchev–Trinajstić information content (AvgIpc) is 3.62. The van der Waals surface area contributed by atoms with Gasteiger partial charge in [-0.15, -0.1) is 0 Å². The summed E-state index contributed by atoms with van der Waals surface area (Å²) in [5, 5.41) is 38.0. The summed E-state index contributed by atoms with van der Waals surface area (Å²) in [5.41, 5.74) is 6.98. The van der Waals surface area contributed by atoms with Gasteiger partial charge in [-0.3, -0.25) is 38.8 Å². The van der Waals surface area contributed by atoms with Crippen molar-refractivity contribution in [1.82, 2.24) is 37.9 Å². The van der Waals surface area contributed by atoms with E-state index in [4.69, 9.17) is 0 Å². The van der Waals surface area contributed by atoms with Crippen molar-refractivity contribution in [3.8, 4) is 23.0 Å². The first-order valence-corrected chi connectivity index (χ1v) is 32.3. The SMILES string of the molecule is CC1(C)CCCC2=C1CC(CN1CCn3cc(O)c(=O)cc3C1)CC2.CCC(CC)CN1CCn2cc(O)c(=O)cc2C1.O=c1cc2n(cc1O)CCN(CC1CCCCC1)C2.O=c1cc2n(cc1O)CCN(CC1CCCCCCC1)C2. The molecule has 4 aromatic heterocycles. The molecule has 0 saturated heterocycles. The Hall–Kier alpha value is -5.42. The zero-order chi connectivity index (χ0) is 58.6. The van der Waals surface area contributed by atoms with Crippen molar-refractivity contribution in [1.29, 1.82) is 0 Å². The third-order valence-corrected chi connectivity index (χ3v) is 20.0. The quantitative estimate of drug-likeness (QED) is 0.111. The van der Waals surface area contributed by atoms with Crippen molar-refractivity contribution in [2.24, 2.45) is 29.1 Å². The fourth-order valence-corrected chi connectivity index (χ4v) is 14.9. The second-order valence-corrected chi connectivity index (χ2v) is 26.6. The number of aromatic hydroxyl groups is 4. The Morgan fingerprint density at radius 1 is 0.446 bits per heavy atom. The highest BCUT2D eigenvalue weighted by atomic mass is 16.3. The monoisotopic (exact) mass is 1140 g/mol. The summed E-state index contributed by atoms with van der Waals surface area (Å²) in [4.78, 5) is 56.1. The maximum atomic E-state index is 11.7. The zero-order valence-corrected chi connectivity index (χ0v) is 50.9. The minimum Gasteiger partial charge on any atom is -0.503 e. The van der Waals surface area contributed by atoms with Crippen LogP contribution in [0.3, 0.4) is 0 Å². The topological polar surface area (TPSA) is 182 Å². The van der Waals surface area contributed by atoms with Gasteiger partial charge in [-0.25, -0.2) is 0 Å². The Morgan fingerprint density at radius 3 is 1.19 bits per heavy atom. The number of fused-ring (bicyclic) bond motifs is 4. The predicted octanol–water partition coefficient (Wildman–Crippen LogP) is 10.2. The molecule has 1 unspecified atom stereocenters. The fraction of sp³-hybridized carbons (Fsp3) is 0.672. The highest BCUT2D eigenvalue weighted by molar-refractivity contribution is 5.28. The lowest BCUT2D eigenvalue weighted by molar-refractivity contribution is 0.166. The lowest BCUT2D eigenvalue weighted by Crippen LogP contribution is -2.39. The van der Waals surface area contributed by atoms with Crippen LogP contribution in [0.1, 0.15) is 179 Å². The van der Waals surface area contributed by atoms with Gasteiger partial charge in [0.05, 0.1) is 24.8 Å². The van der Waals surface area contributed by atoms with E-state index in [0.29, 0.717) is 5.41 Å². The van der Waals surface area contributed by atoms with Crippen molar-refractivity contribution in [3.63, 3.8) is 0 Å². The molecule has 0 aromatic carbocycles. The van der Waals surface area contributed by atoms with E-state index in [2.05, 4.69) is 47.3 Å². The Morgan fingerprint density at radius 2 is 0.795 bits per heavy atom. The summed E-state index contributed by atoms with van der Waals surface area (Å²) in [5.74, 6) is 2.59. The molecular formula is C67H100N8O8. The molecule has 4 N–H and O–H groups in total. The number of hydrogen-bond donors (Lipinski definition) is 4. The van der Waals surface area contributed by atoms with Crippen LogP contribution in [0.25, 0.3) is 0 Å². The smallest absolute Gasteiger partial charge is 0.223 e. The Bertz CT molecular complexity index is 3070. The van der Waals surface area contributed by atoms with Crippen LogP contribution >= 0.6 is 0 Å². The Labute approximate surface area is 493 Å². The molecule has 2 saturated carbocycles. The van der Waals surface area contributed by atoms with E-state index in [0.717, 1.165) is 151 Å². The minimum atomic E-state index is -0.273. The van der Waals surface area contributed by atoms with Crippen molar-refractivity contribution in [3.05, 3.63) is 124 Å². The number of nitrogens with zero attached hydrogens (tertiary/aromatic N) is 8. The van der Waals surface area contributed by atoms with Gasteiger partial charge >= 0.3 is 0 Å². The lowest BCUT2D eigenvalue weighted by atomic mass is 9.65. The molecule has 83 heavy (non-hydrogen) atoms. The van der Waals surface area contributed by atoms with E-state index in [9.17, 15) is 39.6 Å². The summed E-state index contributed by atoms with van der Waals surface area (Å²) < 4.78 is 8.04. The molecule has 8 heterocycles. The van der Waals surface area contributed by atoms with Crippen LogP contribution in [0.5, 0.6) is 23.0 Å². The molecule has 1 atom stereocenters. The molecule has 4 aromatic rings. The molecule has 4 aliphatic carbocycles. The average molecular weight is 1150 g/mol. The summed E-state index contributed by atoms with van der Waals surface area (Å²) in [6, 6.07) is 6.35. The molecule has 12 rings (SSSR count). The molecular weight excluding hydrogens is 1040 g/mol. The summed E-state index contributed by atoms with van der Waals surface area (Å²) in [7, 11) is 0. The standard InChI is InChI=1S/C21H30N2O2.C17H26N2O2.C15H22N2O2.C14H22N2O2/c1-21(2)7-3-4-16-6-5-15(10-18(16)21)12-22-8-9-23-14-20(25)19(24)11-17(23)13-22;20-16-10-15-12-18(8-9-19(15)13-17(16)21)11-14-6-4-2-1-3-5-7-14;18-14-8-13-10-16(6-7-17(13)11-15(14)19)9-12-4-2-1-3-5-12;1-3-11(4-2)8-15-5-6-16-10-14(18)13(17)7-12(16)9-15/h11,14-15,25H,3-10,12-13H2,1-2H3;10,13-14,21H,1-9,11-12H2;8,11-12,19H,1-7,9-10H2;7,10-11,18H,3-6,8-9H2,1-2H3. The highest BCUT2D eigenvalue weighted by Crippen LogP contribution is 2.48. The van der Waals surface area contributed by atoms with Crippen molar-refractivity contribution >= 4 is 0 Å². The molecule has 0 radical (unpaired) electrons. The van der Waals surface area contributed by atoms with Gasteiger partial charge < -0.3 is 38.7 Å². The van der Waals surface area contributed by atoms with Gasteiger partial charge in [0.2, 0.25) is 21.7 Å². The molecule has 0 bridgehead atoms. The number of allylic oxidation sites excluding steroid dienone is 2. The fourth-order valence-electron chi connectivity index (χ4n) is 14.9. The van der Waals surface area contributed by atoms with Crippen LogP contribution in [0.2, 0.25) is 0 Å². The van der Waals surface area contributed by atoms with Gasteiger partial charge in [0.1, 0.15) is 0 Å². The first-order valence-electron chi connectivity index (χ1n) is 32.3. The molecule has 2 fully saturated rings. The number of pyridine rings is 4. The number of rotatable bonds is 10. The maximum absolute atomic E-state index is 11.7. The van der Waals surface area contributed by atoms with Gasteiger partial charge in [0.15, 0.2) is 23.0 Å². The molecule has 456 valence electrons. The lowest BCUT2D eigenvalue weighted by Gasteiger charge is -2.42. The van der Waals surface area contributed by atoms with Gasteiger partial charge in [0.25, 0.3) is 0 Å². The molecule has 16 nitrogen and oxygen atoms in total. The van der Waals surface area contributed by atoms with E-state index in [-0.39, 0.29) is 44.7 Å². The maximum Gasteiger partial charge on any atom is 0.223 e. The Kier molecular flexibility index (Phi) is 21.8. The summed E-state index contributed by atoms with van der Waals surface area (Å²) in [6.07, 6.45) is 33.2. The molecule has 0 amide bonds. The third-order valence-electron chi connectivity index (χ3n) is 20.0. The van der Waals surface area contributed by atoms with Crippen LogP contribution in [0.4, 0.5) is 0 Å². The minimum absolute atomic E-state index is 0.132. The second-order valence-electron chi connectivity index (χ2n) is 26.6. The van der Waals surface area contributed by atoms with E-state index in [1.807, 2.05) is 18.3 Å². The van der Waals surface area contributed by atoms with Gasteiger partial charge in [0, 0.05) is 152 Å². The van der Waals surface area contributed by atoms with E-state index >= 15 is 0 Å². The predicted molar refractivity (Wildman–Crippen MR) is 329 cm³/mol. The number of hydrogen-bond acceptors (Lipinski definition) is 12. The van der Waals surface area contributed by atoms with Crippen molar-refractivity contribution in [2.75, 3.05) is 52.4 Å². The summed E-state index contributed by atoms with van der Waals surface area (Å²) in [6.45, 7) is 24.7. The molecule has 16 heteroatoms. The van der Waals surface area contributed by atoms with Crippen LogP contribution in [0, 0.1) is 29.1 Å². The highest BCUT2D eigenvalue weighted by Gasteiger charge is 2.35. The molecule has 0 spiro atoms. The Balaban J connectivity index is 0.000000134.